The molecule has 0 saturated carbocycles. The summed E-state index contributed by atoms with van der Waals surface area (Å²) in [6.07, 6.45) is 0. The molecule has 24 heavy (non-hydrogen) atoms. The van der Waals surface area contributed by atoms with E-state index in [9.17, 15) is 9.90 Å². The van der Waals surface area contributed by atoms with Crippen LogP contribution in [0.3, 0.4) is 0 Å². The standard InChI is InChI=1S/C18H19ClO5/c1-9-8-13(23-4)16(20)18(24-5)14(9)17(21)15-10(2)11(19)6-7-12(15)22-3/h6-8,20H,1-5H3. The molecule has 0 radical (unpaired) electrons. The van der Waals surface area contributed by atoms with Gasteiger partial charge in [-0.3, -0.25) is 4.79 Å². The van der Waals surface area contributed by atoms with Crippen molar-refractivity contribution in [2.75, 3.05) is 21.3 Å². The van der Waals surface area contributed by atoms with Crippen molar-refractivity contribution >= 4 is 17.4 Å². The number of phenols is 1. The average Bonchev–Trinajstić information content (AvgIpc) is 2.57. The highest BCUT2D eigenvalue weighted by atomic mass is 35.5. The van der Waals surface area contributed by atoms with E-state index in [1.165, 1.54) is 21.3 Å². The van der Waals surface area contributed by atoms with E-state index in [0.29, 0.717) is 27.5 Å². The van der Waals surface area contributed by atoms with Crippen LogP contribution in [-0.2, 0) is 0 Å². The molecule has 0 saturated heterocycles. The highest BCUT2D eigenvalue weighted by Crippen LogP contribution is 2.43. The highest BCUT2D eigenvalue weighted by molar-refractivity contribution is 6.32. The van der Waals surface area contributed by atoms with Crippen molar-refractivity contribution in [3.05, 3.63) is 45.5 Å². The Morgan fingerprint density at radius 3 is 2.17 bits per heavy atom. The van der Waals surface area contributed by atoms with E-state index in [0.717, 1.165) is 0 Å². The number of carbonyl (C=O) groups excluding carboxylic acids is 1. The predicted octanol–water partition coefficient (Wildman–Crippen LogP) is 3.92. The van der Waals surface area contributed by atoms with Crippen molar-refractivity contribution in [1.82, 2.24) is 0 Å². The normalized spacial score (nSPS) is 10.4. The van der Waals surface area contributed by atoms with Gasteiger partial charge in [-0.1, -0.05) is 11.6 Å². The zero-order valence-corrected chi connectivity index (χ0v) is 14.9. The Kier molecular flexibility index (Phi) is 5.24. The Labute approximate surface area is 145 Å². The van der Waals surface area contributed by atoms with E-state index in [4.69, 9.17) is 25.8 Å². The fourth-order valence-corrected chi connectivity index (χ4v) is 2.78. The molecule has 2 rings (SSSR count). The Hall–Kier alpha value is -2.40. The molecule has 2 aromatic rings. The summed E-state index contributed by atoms with van der Waals surface area (Å²) in [7, 11) is 4.29. The minimum Gasteiger partial charge on any atom is -0.502 e. The first kappa shape index (κ1) is 17.9. The fourth-order valence-electron chi connectivity index (χ4n) is 2.62. The van der Waals surface area contributed by atoms with Crippen LogP contribution in [-0.4, -0.2) is 32.2 Å². The van der Waals surface area contributed by atoms with Crippen LogP contribution in [0.4, 0.5) is 0 Å². The first-order chi connectivity index (χ1) is 11.4. The van der Waals surface area contributed by atoms with Gasteiger partial charge >= 0.3 is 0 Å². The molecule has 5 nitrogen and oxygen atoms in total. The van der Waals surface area contributed by atoms with Gasteiger partial charge in [-0.2, -0.15) is 0 Å². The van der Waals surface area contributed by atoms with E-state index in [1.807, 2.05) is 0 Å². The van der Waals surface area contributed by atoms with Gasteiger partial charge in [0.05, 0.1) is 32.5 Å². The second kappa shape index (κ2) is 7.01. The van der Waals surface area contributed by atoms with Crippen LogP contribution in [0.2, 0.25) is 5.02 Å². The number of hydrogen-bond donors (Lipinski definition) is 1. The van der Waals surface area contributed by atoms with Crippen molar-refractivity contribution in [2.45, 2.75) is 13.8 Å². The lowest BCUT2D eigenvalue weighted by Crippen LogP contribution is -2.11. The molecule has 0 aromatic heterocycles. The zero-order chi connectivity index (χ0) is 18.0. The maximum Gasteiger partial charge on any atom is 0.201 e. The fraction of sp³-hybridized carbons (Fsp3) is 0.278. The third kappa shape index (κ3) is 2.87. The van der Waals surface area contributed by atoms with Crippen LogP contribution in [0, 0.1) is 13.8 Å². The third-order valence-corrected chi connectivity index (χ3v) is 4.29. The number of ether oxygens (including phenoxy) is 3. The number of halogens is 1. The number of hydrogen-bond acceptors (Lipinski definition) is 5. The molecular weight excluding hydrogens is 332 g/mol. The highest BCUT2D eigenvalue weighted by Gasteiger charge is 2.27. The second-order valence-corrected chi connectivity index (χ2v) is 5.64. The molecule has 0 aliphatic rings. The van der Waals surface area contributed by atoms with Gasteiger partial charge < -0.3 is 19.3 Å². The smallest absolute Gasteiger partial charge is 0.201 e. The maximum atomic E-state index is 13.2. The van der Waals surface area contributed by atoms with Crippen LogP contribution in [0.25, 0.3) is 0 Å². The molecule has 0 aliphatic heterocycles. The van der Waals surface area contributed by atoms with Gasteiger partial charge in [0.15, 0.2) is 11.5 Å². The molecule has 0 unspecified atom stereocenters. The minimum absolute atomic E-state index is 0.0540. The molecule has 0 aliphatic carbocycles. The van der Waals surface area contributed by atoms with Gasteiger partial charge in [0, 0.05) is 5.02 Å². The Morgan fingerprint density at radius 1 is 1.00 bits per heavy atom. The molecule has 128 valence electrons. The Morgan fingerprint density at radius 2 is 1.62 bits per heavy atom. The largest absolute Gasteiger partial charge is 0.502 e. The van der Waals surface area contributed by atoms with Gasteiger partial charge in [-0.25, -0.2) is 0 Å². The van der Waals surface area contributed by atoms with Gasteiger partial charge in [0.25, 0.3) is 0 Å². The van der Waals surface area contributed by atoms with Gasteiger partial charge in [-0.05, 0) is 43.2 Å². The lowest BCUT2D eigenvalue weighted by Gasteiger charge is -2.17. The van der Waals surface area contributed by atoms with Gasteiger partial charge in [-0.15, -0.1) is 0 Å². The SMILES string of the molecule is COc1cc(C)c(C(=O)c2c(OC)ccc(Cl)c2C)c(OC)c1O. The van der Waals surface area contributed by atoms with Crippen LogP contribution < -0.4 is 14.2 Å². The summed E-state index contributed by atoms with van der Waals surface area (Å²) < 4.78 is 15.7. The number of rotatable bonds is 5. The summed E-state index contributed by atoms with van der Waals surface area (Å²) in [5.74, 6) is 0.111. The second-order valence-electron chi connectivity index (χ2n) is 5.23. The van der Waals surface area contributed by atoms with E-state index < -0.39 is 0 Å². The Bertz CT molecular complexity index is 799. The molecule has 6 heteroatoms. The predicted molar refractivity (Wildman–Crippen MR) is 92.1 cm³/mol. The number of carbonyl (C=O) groups is 1. The molecule has 0 spiro atoms. The maximum absolute atomic E-state index is 13.2. The lowest BCUT2D eigenvalue weighted by atomic mass is 9.93. The van der Waals surface area contributed by atoms with Crippen molar-refractivity contribution in [3.63, 3.8) is 0 Å². The van der Waals surface area contributed by atoms with Crippen molar-refractivity contribution in [3.8, 4) is 23.0 Å². The summed E-state index contributed by atoms with van der Waals surface area (Å²) in [5, 5.41) is 10.7. The first-order valence-electron chi connectivity index (χ1n) is 7.19. The zero-order valence-electron chi connectivity index (χ0n) is 14.2. The summed E-state index contributed by atoms with van der Waals surface area (Å²) >= 11 is 6.16. The summed E-state index contributed by atoms with van der Waals surface area (Å²) in [5.41, 5.74) is 1.76. The van der Waals surface area contributed by atoms with Crippen LogP contribution in [0.15, 0.2) is 18.2 Å². The van der Waals surface area contributed by atoms with Crippen LogP contribution in [0.5, 0.6) is 23.0 Å². The minimum atomic E-state index is -0.348. The van der Waals surface area contributed by atoms with E-state index in [2.05, 4.69) is 0 Å². The van der Waals surface area contributed by atoms with Crippen LogP contribution >= 0.6 is 11.6 Å². The molecule has 0 atom stereocenters. The van der Waals surface area contributed by atoms with E-state index >= 15 is 0 Å². The summed E-state index contributed by atoms with van der Waals surface area (Å²) in [4.78, 5) is 13.2. The molecule has 0 bridgehead atoms. The third-order valence-electron chi connectivity index (χ3n) is 3.88. The molecule has 0 fully saturated rings. The number of phenolic OH excluding ortho intramolecular Hbond substituents is 1. The van der Waals surface area contributed by atoms with Crippen molar-refractivity contribution < 1.29 is 24.1 Å². The molecule has 1 N–H and O–H groups in total. The monoisotopic (exact) mass is 350 g/mol. The Balaban J connectivity index is 2.77. The molecule has 0 heterocycles. The number of benzene rings is 2. The molecule has 2 aromatic carbocycles. The van der Waals surface area contributed by atoms with Gasteiger partial charge in [0.1, 0.15) is 5.75 Å². The topological polar surface area (TPSA) is 65.0 Å². The average molecular weight is 351 g/mol. The van der Waals surface area contributed by atoms with Crippen molar-refractivity contribution in [1.29, 1.82) is 0 Å². The first-order valence-corrected chi connectivity index (χ1v) is 7.57. The number of methoxy groups -OCH3 is 3. The molecule has 0 amide bonds. The van der Waals surface area contributed by atoms with E-state index in [1.54, 1.807) is 32.0 Å². The molecular formula is C18H19ClO5. The van der Waals surface area contributed by atoms with E-state index in [-0.39, 0.29) is 28.6 Å². The van der Waals surface area contributed by atoms with Crippen molar-refractivity contribution in [2.24, 2.45) is 0 Å². The number of aryl methyl sites for hydroxylation is 1. The number of ketones is 1. The van der Waals surface area contributed by atoms with Crippen LogP contribution in [0.1, 0.15) is 27.0 Å². The number of aromatic hydroxyl groups is 1. The lowest BCUT2D eigenvalue weighted by molar-refractivity contribution is 0.103. The summed E-state index contributed by atoms with van der Waals surface area (Å²) in [6.45, 7) is 3.48. The van der Waals surface area contributed by atoms with Gasteiger partial charge in [0.2, 0.25) is 11.5 Å². The quantitative estimate of drug-likeness (QED) is 0.828. The summed E-state index contributed by atoms with van der Waals surface area (Å²) in [6, 6.07) is 4.88.